The van der Waals surface area contributed by atoms with Crippen LogP contribution in [-0.4, -0.2) is 32.6 Å². The summed E-state index contributed by atoms with van der Waals surface area (Å²) in [5.74, 6) is 0.626. The molecule has 0 spiro atoms. The second-order valence-electron chi connectivity index (χ2n) is 6.04. The largest absolute Gasteiger partial charge is 0.493 e. The van der Waals surface area contributed by atoms with Gasteiger partial charge in [-0.3, -0.25) is 9.59 Å². The van der Waals surface area contributed by atoms with E-state index in [9.17, 15) is 9.59 Å². The van der Waals surface area contributed by atoms with Gasteiger partial charge < -0.3 is 20.1 Å². The molecule has 0 radical (unpaired) electrons. The van der Waals surface area contributed by atoms with Gasteiger partial charge >= 0.3 is 0 Å². The highest BCUT2D eigenvalue weighted by Crippen LogP contribution is 2.27. The Morgan fingerprint density at radius 3 is 2.35 bits per heavy atom. The van der Waals surface area contributed by atoms with Gasteiger partial charge in [0.1, 0.15) is 0 Å². The van der Waals surface area contributed by atoms with Crippen molar-refractivity contribution in [2.75, 3.05) is 26.1 Å². The van der Waals surface area contributed by atoms with Crippen molar-refractivity contribution < 1.29 is 19.1 Å². The molecule has 0 fully saturated rings. The van der Waals surface area contributed by atoms with Gasteiger partial charge in [0.2, 0.25) is 5.91 Å². The Kier molecular flexibility index (Phi) is 6.60. The average Bonchev–Trinajstić information content (AvgIpc) is 2.65. The predicted molar refractivity (Wildman–Crippen MR) is 101 cm³/mol. The molecule has 0 saturated heterocycles. The van der Waals surface area contributed by atoms with Crippen LogP contribution in [0.4, 0.5) is 5.69 Å². The molecule has 0 aliphatic heterocycles. The fourth-order valence-corrected chi connectivity index (χ4v) is 2.55. The molecule has 26 heavy (non-hydrogen) atoms. The number of benzene rings is 2. The summed E-state index contributed by atoms with van der Waals surface area (Å²) in [6.07, 6.45) is 0. The van der Waals surface area contributed by atoms with Gasteiger partial charge in [0, 0.05) is 11.3 Å². The van der Waals surface area contributed by atoms with Crippen molar-refractivity contribution in [1.82, 2.24) is 5.32 Å². The first-order valence-corrected chi connectivity index (χ1v) is 8.35. The van der Waals surface area contributed by atoms with Crippen LogP contribution in [0.15, 0.2) is 42.5 Å². The Bertz CT molecular complexity index is 787. The Hall–Kier alpha value is -3.02. The molecular formula is C20H24N2O4. The van der Waals surface area contributed by atoms with Crippen molar-refractivity contribution in [2.24, 2.45) is 0 Å². The molecule has 0 saturated carbocycles. The van der Waals surface area contributed by atoms with E-state index in [1.807, 2.05) is 24.3 Å². The van der Waals surface area contributed by atoms with Gasteiger partial charge in [0.15, 0.2) is 11.5 Å². The fraction of sp³-hybridized carbons (Fsp3) is 0.300. The van der Waals surface area contributed by atoms with Crippen LogP contribution in [0.5, 0.6) is 11.5 Å². The average molecular weight is 356 g/mol. The Morgan fingerprint density at radius 2 is 1.69 bits per heavy atom. The van der Waals surface area contributed by atoms with E-state index in [4.69, 9.17) is 9.47 Å². The van der Waals surface area contributed by atoms with Gasteiger partial charge in [-0.1, -0.05) is 32.0 Å². The molecule has 2 amide bonds. The Balaban J connectivity index is 1.98. The number of anilines is 1. The van der Waals surface area contributed by atoms with E-state index in [2.05, 4.69) is 24.5 Å². The summed E-state index contributed by atoms with van der Waals surface area (Å²) >= 11 is 0. The molecule has 0 heterocycles. The van der Waals surface area contributed by atoms with Crippen LogP contribution in [0.1, 0.15) is 35.7 Å². The second kappa shape index (κ2) is 8.89. The maximum atomic E-state index is 12.3. The maximum Gasteiger partial charge on any atom is 0.251 e. The standard InChI is InChI=1S/C20H24N2O4/c1-13(2)15-7-5-6-8-16(15)22-19(23)12-21-20(24)14-9-10-17(25-3)18(11-14)26-4/h5-11,13H,12H2,1-4H3,(H,21,24)(H,22,23). The molecule has 2 rings (SSSR count). The van der Waals surface area contributed by atoms with Crippen molar-refractivity contribution in [3.8, 4) is 11.5 Å². The summed E-state index contributed by atoms with van der Waals surface area (Å²) < 4.78 is 10.3. The monoisotopic (exact) mass is 356 g/mol. The minimum absolute atomic E-state index is 0.125. The number of nitrogens with one attached hydrogen (secondary N) is 2. The number of carbonyl (C=O) groups excluding carboxylic acids is 2. The van der Waals surface area contributed by atoms with Gasteiger partial charge in [-0.25, -0.2) is 0 Å². The van der Waals surface area contributed by atoms with Crippen LogP contribution in [0.2, 0.25) is 0 Å². The zero-order valence-corrected chi connectivity index (χ0v) is 15.5. The van der Waals surface area contributed by atoms with E-state index >= 15 is 0 Å². The number of methoxy groups -OCH3 is 2. The highest BCUT2D eigenvalue weighted by molar-refractivity contribution is 5.99. The topological polar surface area (TPSA) is 76.7 Å². The van der Waals surface area contributed by atoms with Crippen LogP contribution in [0.25, 0.3) is 0 Å². The van der Waals surface area contributed by atoms with Crippen LogP contribution in [0.3, 0.4) is 0 Å². The van der Waals surface area contributed by atoms with E-state index in [0.29, 0.717) is 17.1 Å². The third kappa shape index (κ3) is 4.75. The molecule has 0 bridgehead atoms. The highest BCUT2D eigenvalue weighted by atomic mass is 16.5. The maximum absolute atomic E-state index is 12.3. The molecule has 138 valence electrons. The quantitative estimate of drug-likeness (QED) is 0.799. The zero-order chi connectivity index (χ0) is 19.1. The molecular weight excluding hydrogens is 332 g/mol. The molecule has 6 heteroatoms. The predicted octanol–water partition coefficient (Wildman–Crippen LogP) is 3.20. The lowest BCUT2D eigenvalue weighted by Crippen LogP contribution is -2.33. The summed E-state index contributed by atoms with van der Waals surface area (Å²) in [7, 11) is 3.02. The number of carbonyl (C=O) groups is 2. The van der Waals surface area contributed by atoms with E-state index in [-0.39, 0.29) is 24.3 Å². The lowest BCUT2D eigenvalue weighted by Gasteiger charge is -2.14. The lowest BCUT2D eigenvalue weighted by molar-refractivity contribution is -0.115. The summed E-state index contributed by atoms with van der Waals surface area (Å²) in [4.78, 5) is 24.4. The molecule has 2 N–H and O–H groups in total. The smallest absolute Gasteiger partial charge is 0.251 e. The number of ether oxygens (including phenoxy) is 2. The fourth-order valence-electron chi connectivity index (χ4n) is 2.55. The van der Waals surface area contributed by atoms with Crippen LogP contribution >= 0.6 is 0 Å². The summed E-state index contributed by atoms with van der Waals surface area (Å²) in [5.41, 5.74) is 2.19. The minimum Gasteiger partial charge on any atom is -0.493 e. The number of amides is 2. The van der Waals surface area contributed by atoms with E-state index in [0.717, 1.165) is 11.3 Å². The van der Waals surface area contributed by atoms with Crippen molar-refractivity contribution in [3.05, 3.63) is 53.6 Å². The molecule has 0 aliphatic carbocycles. The molecule has 6 nitrogen and oxygen atoms in total. The zero-order valence-electron chi connectivity index (χ0n) is 15.5. The van der Waals surface area contributed by atoms with E-state index < -0.39 is 0 Å². The molecule has 0 aliphatic rings. The number of rotatable bonds is 7. The highest BCUT2D eigenvalue weighted by Gasteiger charge is 2.13. The van der Waals surface area contributed by atoms with Crippen LogP contribution in [0, 0.1) is 0 Å². The molecule has 2 aromatic rings. The van der Waals surface area contributed by atoms with Gasteiger partial charge in [-0.15, -0.1) is 0 Å². The number of hydrogen-bond acceptors (Lipinski definition) is 4. The Morgan fingerprint density at radius 1 is 1.00 bits per heavy atom. The van der Waals surface area contributed by atoms with Crippen molar-refractivity contribution in [2.45, 2.75) is 19.8 Å². The van der Waals surface area contributed by atoms with Crippen molar-refractivity contribution in [1.29, 1.82) is 0 Å². The van der Waals surface area contributed by atoms with Gasteiger partial charge in [0.05, 0.1) is 20.8 Å². The molecule has 0 aromatic heterocycles. The van der Waals surface area contributed by atoms with Crippen molar-refractivity contribution in [3.63, 3.8) is 0 Å². The minimum atomic E-state index is -0.363. The summed E-state index contributed by atoms with van der Waals surface area (Å²) in [5, 5.41) is 5.45. The van der Waals surface area contributed by atoms with E-state index in [1.165, 1.54) is 14.2 Å². The second-order valence-corrected chi connectivity index (χ2v) is 6.04. The number of para-hydroxylation sites is 1. The SMILES string of the molecule is COc1ccc(C(=O)NCC(=O)Nc2ccccc2C(C)C)cc1OC. The summed E-state index contributed by atoms with van der Waals surface area (Å²) in [6.45, 7) is 3.99. The number of hydrogen-bond donors (Lipinski definition) is 2. The van der Waals surface area contributed by atoms with Gasteiger partial charge in [0.25, 0.3) is 5.91 Å². The summed E-state index contributed by atoms with van der Waals surface area (Å²) in [6, 6.07) is 12.5. The molecule has 0 atom stereocenters. The normalized spacial score (nSPS) is 10.3. The molecule has 0 unspecified atom stereocenters. The first-order chi connectivity index (χ1) is 12.5. The van der Waals surface area contributed by atoms with Crippen molar-refractivity contribution >= 4 is 17.5 Å². The van der Waals surface area contributed by atoms with Crippen LogP contribution in [-0.2, 0) is 4.79 Å². The van der Waals surface area contributed by atoms with Gasteiger partial charge in [-0.05, 0) is 35.7 Å². The first kappa shape index (κ1) is 19.3. The lowest BCUT2D eigenvalue weighted by atomic mass is 10.0. The van der Waals surface area contributed by atoms with E-state index in [1.54, 1.807) is 18.2 Å². The Labute approximate surface area is 153 Å². The first-order valence-electron chi connectivity index (χ1n) is 8.35. The van der Waals surface area contributed by atoms with Gasteiger partial charge in [-0.2, -0.15) is 0 Å². The third-order valence-corrected chi connectivity index (χ3v) is 3.91. The third-order valence-electron chi connectivity index (χ3n) is 3.91. The molecule has 2 aromatic carbocycles. The van der Waals surface area contributed by atoms with Crippen LogP contribution < -0.4 is 20.1 Å².